The molecule has 0 aliphatic heterocycles. The van der Waals surface area contributed by atoms with Crippen molar-refractivity contribution in [2.75, 3.05) is 5.73 Å². The molecule has 1 heterocycles. The maximum atomic E-state index is 12.9. The molecule has 0 saturated carbocycles. The van der Waals surface area contributed by atoms with Crippen LogP contribution in [0.4, 0.5) is 10.1 Å². The first-order valence-electron chi connectivity index (χ1n) is 4.43. The number of benzene rings is 1. The Morgan fingerprint density at radius 2 is 2.14 bits per heavy atom. The van der Waals surface area contributed by atoms with Crippen LogP contribution in [0, 0.1) is 5.82 Å². The minimum absolute atomic E-state index is 0.171. The van der Waals surface area contributed by atoms with Gasteiger partial charge in [0.1, 0.15) is 11.3 Å². The monoisotopic (exact) mass is 194 g/mol. The molecule has 1 aromatic carbocycles. The number of fused-ring (bicyclic) bond motifs is 1. The number of anilines is 1. The average molecular weight is 194 g/mol. The summed E-state index contributed by atoms with van der Waals surface area (Å²) in [6.45, 7) is 3.91. The number of aromatic nitrogens is 1. The summed E-state index contributed by atoms with van der Waals surface area (Å²) in [5.74, 6) is 0.362. The van der Waals surface area contributed by atoms with Crippen LogP contribution in [0.25, 0.3) is 11.1 Å². The third-order valence-electron chi connectivity index (χ3n) is 1.99. The Bertz CT molecular complexity index is 476. The van der Waals surface area contributed by atoms with Crippen LogP contribution in [0.15, 0.2) is 16.5 Å². The maximum absolute atomic E-state index is 12.9. The number of nitrogens with zero attached hydrogens (tertiary/aromatic N) is 1. The maximum Gasteiger partial charge on any atom is 0.198 e. The number of hydrogen-bond donors (Lipinski definition) is 1. The Hall–Kier alpha value is -1.58. The van der Waals surface area contributed by atoms with Gasteiger partial charge < -0.3 is 10.2 Å². The minimum Gasteiger partial charge on any atom is -0.438 e. The van der Waals surface area contributed by atoms with Crippen LogP contribution >= 0.6 is 0 Å². The summed E-state index contributed by atoms with van der Waals surface area (Å²) in [6, 6.07) is 2.55. The van der Waals surface area contributed by atoms with Crippen LogP contribution in [0.2, 0.25) is 0 Å². The molecule has 0 atom stereocenters. The number of halogens is 1. The van der Waals surface area contributed by atoms with E-state index in [1.165, 1.54) is 12.1 Å². The highest BCUT2D eigenvalue weighted by Gasteiger charge is 2.12. The van der Waals surface area contributed by atoms with Gasteiger partial charge in [-0.05, 0) is 0 Å². The molecule has 0 bridgehead atoms. The summed E-state index contributed by atoms with van der Waals surface area (Å²) in [4.78, 5) is 4.15. The van der Waals surface area contributed by atoms with E-state index in [0.29, 0.717) is 22.7 Å². The molecule has 2 N–H and O–H groups in total. The third kappa shape index (κ3) is 1.32. The van der Waals surface area contributed by atoms with Gasteiger partial charge in [0.25, 0.3) is 0 Å². The van der Waals surface area contributed by atoms with Crippen LogP contribution in [0.1, 0.15) is 25.7 Å². The molecule has 2 rings (SSSR count). The molecule has 0 fully saturated rings. The van der Waals surface area contributed by atoms with E-state index in [1.807, 2.05) is 13.8 Å². The zero-order valence-electron chi connectivity index (χ0n) is 8.04. The second kappa shape index (κ2) is 2.97. The Labute approximate surface area is 80.7 Å². The molecule has 0 aliphatic rings. The van der Waals surface area contributed by atoms with Gasteiger partial charge in [-0.25, -0.2) is 9.37 Å². The zero-order chi connectivity index (χ0) is 10.3. The predicted octanol–water partition coefficient (Wildman–Crippen LogP) is 2.67. The van der Waals surface area contributed by atoms with Gasteiger partial charge in [0, 0.05) is 18.1 Å². The summed E-state index contributed by atoms with van der Waals surface area (Å²) in [5.41, 5.74) is 6.83. The van der Waals surface area contributed by atoms with Gasteiger partial charge in [0.05, 0.1) is 5.69 Å². The Morgan fingerprint density at radius 3 is 2.79 bits per heavy atom. The quantitative estimate of drug-likeness (QED) is 0.710. The highest BCUT2D eigenvalue weighted by Crippen LogP contribution is 2.26. The van der Waals surface area contributed by atoms with Crippen LogP contribution < -0.4 is 5.73 Å². The number of oxazole rings is 1. The molecular weight excluding hydrogens is 183 g/mol. The van der Waals surface area contributed by atoms with Crippen molar-refractivity contribution in [2.45, 2.75) is 19.8 Å². The molecule has 4 heteroatoms. The van der Waals surface area contributed by atoms with E-state index in [9.17, 15) is 4.39 Å². The van der Waals surface area contributed by atoms with Crippen LogP contribution in [-0.4, -0.2) is 4.98 Å². The average Bonchev–Trinajstić information content (AvgIpc) is 2.47. The molecule has 0 aliphatic carbocycles. The zero-order valence-corrected chi connectivity index (χ0v) is 8.04. The van der Waals surface area contributed by atoms with Gasteiger partial charge in [0.15, 0.2) is 11.5 Å². The first kappa shape index (κ1) is 8.99. The first-order chi connectivity index (χ1) is 6.58. The van der Waals surface area contributed by atoms with Gasteiger partial charge in [-0.3, -0.25) is 0 Å². The van der Waals surface area contributed by atoms with E-state index in [1.54, 1.807) is 0 Å². The highest BCUT2D eigenvalue weighted by molar-refractivity contribution is 5.84. The number of nitrogen functional groups attached to an aromatic ring is 1. The van der Waals surface area contributed by atoms with Gasteiger partial charge in [-0.15, -0.1) is 0 Å². The van der Waals surface area contributed by atoms with E-state index < -0.39 is 5.82 Å². The fraction of sp³-hybridized carbons (Fsp3) is 0.300. The van der Waals surface area contributed by atoms with Crippen molar-refractivity contribution in [3.05, 3.63) is 23.8 Å². The molecule has 0 unspecified atom stereocenters. The molecular formula is C10H11FN2O. The largest absolute Gasteiger partial charge is 0.438 e. The van der Waals surface area contributed by atoms with E-state index in [-0.39, 0.29) is 5.92 Å². The van der Waals surface area contributed by atoms with E-state index in [0.717, 1.165) is 0 Å². The summed E-state index contributed by atoms with van der Waals surface area (Å²) >= 11 is 0. The topological polar surface area (TPSA) is 52.0 Å². The van der Waals surface area contributed by atoms with Crippen molar-refractivity contribution >= 4 is 16.8 Å². The molecule has 14 heavy (non-hydrogen) atoms. The van der Waals surface area contributed by atoms with Crippen LogP contribution in [0.3, 0.4) is 0 Å². The Morgan fingerprint density at radius 1 is 1.43 bits per heavy atom. The molecule has 0 amide bonds. The van der Waals surface area contributed by atoms with Crippen LogP contribution in [0.5, 0.6) is 0 Å². The van der Waals surface area contributed by atoms with Crippen molar-refractivity contribution in [1.82, 2.24) is 4.98 Å². The van der Waals surface area contributed by atoms with Crippen molar-refractivity contribution in [2.24, 2.45) is 0 Å². The first-order valence-corrected chi connectivity index (χ1v) is 4.43. The lowest BCUT2D eigenvalue weighted by Gasteiger charge is -1.94. The summed E-state index contributed by atoms with van der Waals surface area (Å²) in [6.07, 6.45) is 0. The lowest BCUT2D eigenvalue weighted by Crippen LogP contribution is -1.86. The Kier molecular flexibility index (Phi) is 1.91. The molecule has 0 saturated heterocycles. The number of nitrogens with two attached hydrogens (primary N) is 1. The molecule has 3 nitrogen and oxygen atoms in total. The predicted molar refractivity (Wildman–Crippen MR) is 52.5 cm³/mol. The fourth-order valence-corrected chi connectivity index (χ4v) is 1.29. The van der Waals surface area contributed by atoms with Crippen LogP contribution in [-0.2, 0) is 0 Å². The second-order valence-electron chi connectivity index (χ2n) is 3.55. The minimum atomic E-state index is -0.390. The standard InChI is InChI=1S/C10H11FN2O/c1-5(2)10-13-8-4-6(11)3-7(12)9(8)14-10/h3-5H,12H2,1-2H3. The van der Waals surface area contributed by atoms with Crippen molar-refractivity contribution in [3.63, 3.8) is 0 Å². The molecule has 0 radical (unpaired) electrons. The SMILES string of the molecule is CC(C)c1nc2cc(F)cc(N)c2o1. The molecule has 2 aromatic rings. The van der Waals surface area contributed by atoms with E-state index in [4.69, 9.17) is 10.2 Å². The molecule has 1 aromatic heterocycles. The second-order valence-corrected chi connectivity index (χ2v) is 3.55. The van der Waals surface area contributed by atoms with E-state index in [2.05, 4.69) is 4.98 Å². The van der Waals surface area contributed by atoms with Crippen molar-refractivity contribution in [3.8, 4) is 0 Å². The smallest absolute Gasteiger partial charge is 0.198 e. The Balaban J connectivity index is 2.70. The third-order valence-corrected chi connectivity index (χ3v) is 1.99. The summed E-state index contributed by atoms with van der Waals surface area (Å²) in [5, 5.41) is 0. The van der Waals surface area contributed by atoms with Crippen molar-refractivity contribution in [1.29, 1.82) is 0 Å². The number of rotatable bonds is 1. The fourth-order valence-electron chi connectivity index (χ4n) is 1.29. The van der Waals surface area contributed by atoms with Gasteiger partial charge in [-0.1, -0.05) is 13.8 Å². The van der Waals surface area contributed by atoms with Gasteiger partial charge in [-0.2, -0.15) is 0 Å². The highest BCUT2D eigenvalue weighted by atomic mass is 19.1. The van der Waals surface area contributed by atoms with Gasteiger partial charge in [0.2, 0.25) is 0 Å². The lowest BCUT2D eigenvalue weighted by atomic mass is 10.2. The summed E-state index contributed by atoms with van der Waals surface area (Å²) in [7, 11) is 0. The normalized spacial score (nSPS) is 11.4. The summed E-state index contributed by atoms with van der Waals surface area (Å²) < 4.78 is 18.4. The molecule has 74 valence electrons. The number of hydrogen-bond acceptors (Lipinski definition) is 3. The lowest BCUT2D eigenvalue weighted by molar-refractivity contribution is 0.502. The van der Waals surface area contributed by atoms with Crippen molar-refractivity contribution < 1.29 is 8.81 Å². The van der Waals surface area contributed by atoms with E-state index >= 15 is 0 Å². The molecule has 0 spiro atoms. The van der Waals surface area contributed by atoms with Gasteiger partial charge >= 0.3 is 0 Å².